The van der Waals surface area contributed by atoms with Crippen LogP contribution in [0.2, 0.25) is 0 Å². The van der Waals surface area contributed by atoms with Gasteiger partial charge in [0, 0.05) is 13.0 Å². The summed E-state index contributed by atoms with van der Waals surface area (Å²) in [6, 6.07) is 8.07. The summed E-state index contributed by atoms with van der Waals surface area (Å²) in [7, 11) is 0. The molecule has 1 rings (SSSR count). The molecule has 0 radical (unpaired) electrons. The third-order valence-corrected chi connectivity index (χ3v) is 2.24. The molecule has 0 saturated heterocycles. The van der Waals surface area contributed by atoms with Gasteiger partial charge in [0.15, 0.2) is 0 Å². The monoisotopic (exact) mass is 215 g/mol. The molecule has 0 amide bonds. The van der Waals surface area contributed by atoms with Crippen molar-refractivity contribution in [3.05, 3.63) is 35.9 Å². The Morgan fingerprint density at radius 3 is 2.33 bits per heavy atom. The molecule has 84 valence electrons. The highest BCUT2D eigenvalue weighted by Crippen LogP contribution is 2.20. The van der Waals surface area contributed by atoms with Crippen LogP contribution in [0.15, 0.2) is 30.3 Å². The Morgan fingerprint density at radius 2 is 1.87 bits per heavy atom. The fraction of sp³-hybridized carbons (Fsp3) is 0.455. The van der Waals surface area contributed by atoms with E-state index in [0.29, 0.717) is 6.92 Å². The third-order valence-electron chi connectivity index (χ3n) is 2.24. The maximum absolute atomic E-state index is 12.7. The van der Waals surface area contributed by atoms with Crippen molar-refractivity contribution in [2.24, 2.45) is 5.73 Å². The number of benzene rings is 1. The van der Waals surface area contributed by atoms with Crippen LogP contribution in [0.5, 0.6) is 0 Å². The Labute approximate surface area is 87.7 Å². The number of nitrogens with two attached hydrogens (primary N) is 1. The quantitative estimate of drug-likeness (QED) is 0.800. The highest BCUT2D eigenvalue weighted by molar-refractivity contribution is 5.16. The molecule has 0 aliphatic carbocycles. The van der Waals surface area contributed by atoms with Gasteiger partial charge in [-0.1, -0.05) is 30.3 Å². The normalized spacial score (nSPS) is 16.1. The van der Waals surface area contributed by atoms with Gasteiger partial charge in [-0.25, -0.2) is 8.78 Å². The van der Waals surface area contributed by atoms with E-state index in [9.17, 15) is 13.9 Å². The van der Waals surface area contributed by atoms with Crippen LogP contribution in [0.25, 0.3) is 0 Å². The molecular weight excluding hydrogens is 200 g/mol. The van der Waals surface area contributed by atoms with Crippen LogP contribution in [0.3, 0.4) is 0 Å². The Balaban J connectivity index is 2.60. The van der Waals surface area contributed by atoms with E-state index in [2.05, 4.69) is 0 Å². The number of rotatable bonds is 4. The number of aliphatic hydroxyl groups excluding tert-OH is 1. The molecule has 0 heterocycles. The molecule has 1 aromatic rings. The molecule has 0 unspecified atom stereocenters. The molecule has 2 nitrogen and oxygen atoms in total. The highest BCUT2D eigenvalue weighted by atomic mass is 19.3. The second kappa shape index (κ2) is 4.68. The van der Waals surface area contributed by atoms with Crippen LogP contribution in [0, 0.1) is 0 Å². The molecule has 0 aliphatic rings. The molecule has 0 fully saturated rings. The van der Waals surface area contributed by atoms with Crippen molar-refractivity contribution in [3.63, 3.8) is 0 Å². The lowest BCUT2D eigenvalue weighted by molar-refractivity contribution is -0.102. The van der Waals surface area contributed by atoms with Crippen LogP contribution < -0.4 is 5.73 Å². The second-order valence-corrected chi connectivity index (χ2v) is 3.75. The molecule has 0 aromatic heterocycles. The van der Waals surface area contributed by atoms with E-state index in [1.807, 2.05) is 6.07 Å². The fourth-order valence-electron chi connectivity index (χ4n) is 1.37. The molecule has 0 aliphatic heterocycles. The highest BCUT2D eigenvalue weighted by Gasteiger charge is 2.36. The predicted octanol–water partition coefficient (Wildman–Crippen LogP) is 1.57. The fourth-order valence-corrected chi connectivity index (χ4v) is 1.37. The molecule has 1 aromatic carbocycles. The SMILES string of the molecule is CC(F)(F)[C@H](O)[C@@H](N)Cc1ccccc1. The maximum atomic E-state index is 12.7. The summed E-state index contributed by atoms with van der Waals surface area (Å²) >= 11 is 0. The van der Waals surface area contributed by atoms with Crippen molar-refractivity contribution in [2.45, 2.75) is 31.4 Å². The Bertz CT molecular complexity index is 297. The predicted molar refractivity (Wildman–Crippen MR) is 54.7 cm³/mol. The summed E-state index contributed by atoms with van der Waals surface area (Å²) in [6.07, 6.45) is -1.57. The van der Waals surface area contributed by atoms with Crippen molar-refractivity contribution < 1.29 is 13.9 Å². The van der Waals surface area contributed by atoms with E-state index in [0.717, 1.165) is 5.56 Å². The van der Waals surface area contributed by atoms with Crippen LogP contribution in [-0.2, 0) is 6.42 Å². The van der Waals surface area contributed by atoms with Crippen molar-refractivity contribution in [3.8, 4) is 0 Å². The van der Waals surface area contributed by atoms with Crippen molar-refractivity contribution in [1.82, 2.24) is 0 Å². The first-order valence-corrected chi connectivity index (χ1v) is 4.76. The minimum atomic E-state index is -3.16. The van der Waals surface area contributed by atoms with Crippen molar-refractivity contribution in [1.29, 1.82) is 0 Å². The molecular formula is C11H15F2NO. The summed E-state index contributed by atoms with van der Waals surface area (Å²) in [4.78, 5) is 0. The van der Waals surface area contributed by atoms with E-state index < -0.39 is 18.1 Å². The van der Waals surface area contributed by atoms with Gasteiger partial charge in [0.1, 0.15) is 6.10 Å². The molecule has 3 N–H and O–H groups in total. The topological polar surface area (TPSA) is 46.2 Å². The average molecular weight is 215 g/mol. The number of halogens is 2. The van der Waals surface area contributed by atoms with Crippen molar-refractivity contribution >= 4 is 0 Å². The van der Waals surface area contributed by atoms with Gasteiger partial charge in [-0.15, -0.1) is 0 Å². The first-order valence-electron chi connectivity index (χ1n) is 4.76. The van der Waals surface area contributed by atoms with E-state index >= 15 is 0 Å². The smallest absolute Gasteiger partial charge is 0.272 e. The summed E-state index contributed by atoms with van der Waals surface area (Å²) in [5.74, 6) is -3.16. The van der Waals surface area contributed by atoms with Gasteiger partial charge in [-0.05, 0) is 12.0 Å². The molecule has 0 bridgehead atoms. The first-order chi connectivity index (χ1) is 6.91. The van der Waals surface area contributed by atoms with E-state index in [1.165, 1.54) is 0 Å². The number of hydrogen-bond acceptors (Lipinski definition) is 2. The lowest BCUT2D eigenvalue weighted by atomic mass is 9.99. The van der Waals surface area contributed by atoms with Crippen LogP contribution in [0.4, 0.5) is 8.78 Å². The van der Waals surface area contributed by atoms with E-state index in [1.54, 1.807) is 24.3 Å². The van der Waals surface area contributed by atoms with Gasteiger partial charge in [-0.3, -0.25) is 0 Å². The van der Waals surface area contributed by atoms with Gasteiger partial charge < -0.3 is 10.8 Å². The van der Waals surface area contributed by atoms with Crippen LogP contribution >= 0.6 is 0 Å². The third kappa shape index (κ3) is 3.57. The number of hydrogen-bond donors (Lipinski definition) is 2. The first kappa shape index (κ1) is 12.1. The number of aliphatic hydroxyl groups is 1. The number of alkyl halides is 2. The van der Waals surface area contributed by atoms with E-state index in [4.69, 9.17) is 5.73 Å². The summed E-state index contributed by atoms with van der Waals surface area (Å²) in [5.41, 5.74) is 6.35. The summed E-state index contributed by atoms with van der Waals surface area (Å²) in [5, 5.41) is 9.24. The summed E-state index contributed by atoms with van der Waals surface area (Å²) in [6.45, 7) is 0.669. The molecule has 15 heavy (non-hydrogen) atoms. The van der Waals surface area contributed by atoms with Crippen LogP contribution in [-0.4, -0.2) is 23.2 Å². The Kier molecular flexibility index (Phi) is 3.77. The Hall–Kier alpha value is -1.00. The van der Waals surface area contributed by atoms with Crippen LogP contribution in [0.1, 0.15) is 12.5 Å². The molecule has 0 saturated carbocycles. The second-order valence-electron chi connectivity index (χ2n) is 3.75. The Morgan fingerprint density at radius 1 is 1.33 bits per heavy atom. The zero-order valence-electron chi connectivity index (χ0n) is 8.53. The zero-order valence-corrected chi connectivity index (χ0v) is 8.53. The maximum Gasteiger partial charge on any atom is 0.272 e. The molecule has 2 atom stereocenters. The van der Waals surface area contributed by atoms with E-state index in [-0.39, 0.29) is 6.42 Å². The molecule has 0 spiro atoms. The van der Waals surface area contributed by atoms with Crippen molar-refractivity contribution in [2.75, 3.05) is 0 Å². The van der Waals surface area contributed by atoms with Gasteiger partial charge >= 0.3 is 0 Å². The average Bonchev–Trinajstić information content (AvgIpc) is 2.16. The summed E-state index contributed by atoms with van der Waals surface area (Å²) < 4.78 is 25.5. The minimum Gasteiger partial charge on any atom is -0.385 e. The van der Waals surface area contributed by atoms with Gasteiger partial charge in [0.25, 0.3) is 5.92 Å². The van der Waals surface area contributed by atoms with Gasteiger partial charge in [0.05, 0.1) is 0 Å². The lowest BCUT2D eigenvalue weighted by Gasteiger charge is -2.24. The zero-order chi connectivity index (χ0) is 11.5. The minimum absolute atomic E-state index is 0.242. The molecule has 4 heteroatoms. The standard InChI is InChI=1S/C11H15F2NO/c1-11(12,13)10(15)9(14)7-8-5-3-2-4-6-8/h2-6,9-10,15H,7,14H2,1H3/t9-,10+/m0/s1. The van der Waals surface area contributed by atoms with Gasteiger partial charge in [0.2, 0.25) is 0 Å². The largest absolute Gasteiger partial charge is 0.385 e. The van der Waals surface area contributed by atoms with Gasteiger partial charge in [-0.2, -0.15) is 0 Å². The lowest BCUT2D eigenvalue weighted by Crippen LogP contribution is -2.46.